The molecule has 0 saturated heterocycles. The Labute approximate surface area is 101 Å². The molecule has 0 amide bonds. The van der Waals surface area contributed by atoms with Gasteiger partial charge in [-0.05, 0) is 38.8 Å². The number of carboxylic acid groups (broad SMARTS) is 2. The zero-order valence-corrected chi connectivity index (χ0v) is 10.0. The van der Waals surface area contributed by atoms with Crippen LogP contribution in [0.1, 0.15) is 38.5 Å². The molecule has 0 aliphatic rings. The van der Waals surface area contributed by atoms with E-state index in [1.165, 1.54) is 0 Å². The van der Waals surface area contributed by atoms with E-state index in [1.54, 1.807) is 0 Å². The monoisotopic (exact) mass is 246 g/mol. The van der Waals surface area contributed by atoms with E-state index < -0.39 is 18.0 Å². The Hall–Kier alpha value is -1.14. The third-order valence-electron chi connectivity index (χ3n) is 2.45. The molecule has 17 heavy (non-hydrogen) atoms. The summed E-state index contributed by atoms with van der Waals surface area (Å²) in [6.45, 7) is 1.28. The van der Waals surface area contributed by atoms with Crippen LogP contribution in [0.25, 0.3) is 0 Å². The summed E-state index contributed by atoms with van der Waals surface area (Å²) >= 11 is 0. The lowest BCUT2D eigenvalue weighted by Gasteiger charge is -2.13. The minimum absolute atomic E-state index is 0.0125. The Morgan fingerprint density at radius 3 is 2.35 bits per heavy atom. The first kappa shape index (κ1) is 15.9. The van der Waals surface area contributed by atoms with E-state index in [0.717, 1.165) is 19.3 Å². The highest BCUT2D eigenvalue weighted by molar-refractivity contribution is 5.73. The summed E-state index contributed by atoms with van der Waals surface area (Å²) < 4.78 is 0. The number of carbonyl (C=O) groups is 2. The van der Waals surface area contributed by atoms with Crippen molar-refractivity contribution in [1.29, 1.82) is 0 Å². The van der Waals surface area contributed by atoms with Crippen LogP contribution in [0.2, 0.25) is 0 Å². The molecule has 0 rings (SSSR count). The van der Waals surface area contributed by atoms with Crippen LogP contribution in [0.5, 0.6) is 0 Å². The number of nitrogens with one attached hydrogen (secondary N) is 1. The van der Waals surface area contributed by atoms with E-state index in [0.29, 0.717) is 25.9 Å². The third-order valence-corrected chi connectivity index (χ3v) is 2.45. The van der Waals surface area contributed by atoms with Crippen LogP contribution in [0.3, 0.4) is 0 Å². The van der Waals surface area contributed by atoms with E-state index in [4.69, 9.17) is 15.9 Å². The first-order chi connectivity index (χ1) is 8.07. The molecule has 0 saturated carbocycles. The lowest BCUT2D eigenvalue weighted by atomic mass is 10.1. The number of unbranched alkanes of at least 4 members (excludes halogenated alkanes) is 2. The van der Waals surface area contributed by atoms with E-state index >= 15 is 0 Å². The normalized spacial score (nSPS) is 12.3. The van der Waals surface area contributed by atoms with Crippen molar-refractivity contribution in [2.45, 2.75) is 44.6 Å². The smallest absolute Gasteiger partial charge is 0.320 e. The number of aliphatic carboxylic acids is 2. The molecule has 0 aliphatic carbocycles. The highest BCUT2D eigenvalue weighted by Gasteiger charge is 2.16. The zero-order chi connectivity index (χ0) is 13.1. The molecule has 0 heterocycles. The van der Waals surface area contributed by atoms with Crippen molar-refractivity contribution in [3.05, 3.63) is 0 Å². The average Bonchev–Trinajstić information content (AvgIpc) is 2.25. The van der Waals surface area contributed by atoms with E-state index in [-0.39, 0.29) is 6.42 Å². The van der Waals surface area contributed by atoms with Crippen LogP contribution in [-0.2, 0) is 9.59 Å². The van der Waals surface area contributed by atoms with Gasteiger partial charge in [-0.2, -0.15) is 0 Å². The SMILES string of the molecule is NCCCCCNC(CCCC(=O)O)C(=O)O. The van der Waals surface area contributed by atoms with Gasteiger partial charge >= 0.3 is 11.9 Å². The molecule has 0 bridgehead atoms. The van der Waals surface area contributed by atoms with Crippen molar-refractivity contribution in [1.82, 2.24) is 5.32 Å². The van der Waals surface area contributed by atoms with Crippen molar-refractivity contribution < 1.29 is 19.8 Å². The van der Waals surface area contributed by atoms with Gasteiger partial charge in [0.2, 0.25) is 0 Å². The van der Waals surface area contributed by atoms with Crippen molar-refractivity contribution in [2.24, 2.45) is 5.73 Å². The minimum Gasteiger partial charge on any atom is -0.481 e. The quantitative estimate of drug-likeness (QED) is 0.393. The summed E-state index contributed by atoms with van der Waals surface area (Å²) in [4.78, 5) is 21.2. The van der Waals surface area contributed by atoms with Gasteiger partial charge in [0.25, 0.3) is 0 Å². The third kappa shape index (κ3) is 9.77. The summed E-state index contributed by atoms with van der Waals surface area (Å²) in [6.07, 6.45) is 3.54. The summed E-state index contributed by atoms with van der Waals surface area (Å²) in [6, 6.07) is -0.646. The van der Waals surface area contributed by atoms with Crippen molar-refractivity contribution in [3.63, 3.8) is 0 Å². The van der Waals surface area contributed by atoms with Gasteiger partial charge in [-0.25, -0.2) is 0 Å². The molecule has 6 nitrogen and oxygen atoms in total. The molecular formula is C11H22N2O4. The molecule has 1 unspecified atom stereocenters. The zero-order valence-electron chi connectivity index (χ0n) is 10.0. The molecule has 100 valence electrons. The molecule has 6 heteroatoms. The molecule has 0 aromatic heterocycles. The van der Waals surface area contributed by atoms with Gasteiger partial charge in [0, 0.05) is 6.42 Å². The molecule has 1 atom stereocenters. The second kappa shape index (κ2) is 10.0. The Kier molecular flexibility index (Phi) is 9.37. The van der Waals surface area contributed by atoms with Gasteiger partial charge in [0.15, 0.2) is 0 Å². The van der Waals surface area contributed by atoms with Crippen molar-refractivity contribution in [3.8, 4) is 0 Å². The minimum atomic E-state index is -0.922. The summed E-state index contributed by atoms with van der Waals surface area (Å²) in [5.74, 6) is -1.81. The molecule has 0 aliphatic heterocycles. The predicted octanol–water partition coefficient (Wildman–Crippen LogP) is 0.413. The molecule has 5 N–H and O–H groups in total. The van der Waals surface area contributed by atoms with Gasteiger partial charge in [0.05, 0.1) is 0 Å². The fraction of sp³-hybridized carbons (Fsp3) is 0.818. The van der Waals surface area contributed by atoms with Crippen molar-refractivity contribution >= 4 is 11.9 Å². The second-order valence-electron chi connectivity index (χ2n) is 3.98. The van der Waals surface area contributed by atoms with E-state index in [2.05, 4.69) is 5.32 Å². The standard InChI is InChI=1S/C11H22N2O4/c12-7-2-1-3-8-13-9(11(16)17)5-4-6-10(14)15/h9,13H,1-8,12H2,(H,14,15)(H,16,17). The summed E-state index contributed by atoms with van der Waals surface area (Å²) in [5.41, 5.74) is 5.34. The molecule has 0 spiro atoms. The maximum absolute atomic E-state index is 10.9. The number of carboxylic acids is 2. The van der Waals surface area contributed by atoms with Gasteiger partial charge in [-0.15, -0.1) is 0 Å². The van der Waals surface area contributed by atoms with Crippen LogP contribution < -0.4 is 11.1 Å². The Morgan fingerprint density at radius 1 is 1.12 bits per heavy atom. The summed E-state index contributed by atoms with van der Waals surface area (Å²) in [7, 11) is 0. The number of nitrogens with two attached hydrogens (primary N) is 1. The second-order valence-corrected chi connectivity index (χ2v) is 3.98. The Bertz CT molecular complexity index is 234. The fourth-order valence-electron chi connectivity index (χ4n) is 1.49. The molecule has 0 aromatic rings. The summed E-state index contributed by atoms with van der Waals surface area (Å²) in [5, 5.41) is 20.3. The first-order valence-corrected chi connectivity index (χ1v) is 5.96. The van der Waals surface area contributed by atoms with Gasteiger partial charge < -0.3 is 21.3 Å². The first-order valence-electron chi connectivity index (χ1n) is 5.96. The van der Waals surface area contributed by atoms with Crippen LogP contribution in [0, 0.1) is 0 Å². The van der Waals surface area contributed by atoms with Crippen LogP contribution in [-0.4, -0.2) is 41.3 Å². The van der Waals surface area contributed by atoms with Crippen LogP contribution in [0.15, 0.2) is 0 Å². The lowest BCUT2D eigenvalue weighted by Crippen LogP contribution is -2.37. The van der Waals surface area contributed by atoms with Gasteiger partial charge in [0.1, 0.15) is 6.04 Å². The van der Waals surface area contributed by atoms with Crippen LogP contribution in [0.4, 0.5) is 0 Å². The van der Waals surface area contributed by atoms with E-state index in [1.807, 2.05) is 0 Å². The predicted molar refractivity (Wildman–Crippen MR) is 63.8 cm³/mol. The van der Waals surface area contributed by atoms with Crippen LogP contribution >= 0.6 is 0 Å². The maximum Gasteiger partial charge on any atom is 0.320 e. The highest BCUT2D eigenvalue weighted by atomic mass is 16.4. The number of hydrogen-bond acceptors (Lipinski definition) is 4. The van der Waals surface area contributed by atoms with Gasteiger partial charge in [-0.1, -0.05) is 6.42 Å². The Morgan fingerprint density at radius 2 is 1.82 bits per heavy atom. The molecular weight excluding hydrogens is 224 g/mol. The fourth-order valence-corrected chi connectivity index (χ4v) is 1.49. The largest absolute Gasteiger partial charge is 0.481 e. The topological polar surface area (TPSA) is 113 Å². The molecule has 0 fully saturated rings. The van der Waals surface area contributed by atoms with Crippen molar-refractivity contribution in [2.75, 3.05) is 13.1 Å². The van der Waals surface area contributed by atoms with E-state index in [9.17, 15) is 9.59 Å². The lowest BCUT2D eigenvalue weighted by molar-refractivity contribution is -0.141. The number of rotatable bonds is 11. The maximum atomic E-state index is 10.9. The average molecular weight is 246 g/mol. The molecule has 0 radical (unpaired) electrons. The highest BCUT2D eigenvalue weighted by Crippen LogP contribution is 2.02. The Balaban J connectivity index is 3.67. The number of hydrogen-bond donors (Lipinski definition) is 4. The van der Waals surface area contributed by atoms with Gasteiger partial charge in [-0.3, -0.25) is 9.59 Å². The molecule has 0 aromatic carbocycles.